The quantitative estimate of drug-likeness (QED) is 0.0734. The van der Waals surface area contributed by atoms with Crippen LogP contribution in [0.1, 0.15) is 109 Å². The molecular weight excluding hydrogens is 965 g/mol. The van der Waals surface area contributed by atoms with Gasteiger partial charge in [0.1, 0.15) is 25.7 Å². The first-order valence-corrected chi connectivity index (χ1v) is 26.0. The lowest BCUT2D eigenvalue weighted by Gasteiger charge is -2.25. The average Bonchev–Trinajstić information content (AvgIpc) is 3.83. The molecule has 21 heteroatoms. The standard InChI is InChI=1S/C17H24ClNO4S.C15H20ClNO4S.C12H18ClNO4S/c1-7-22-10-17(5,6)24(20,21)14-11(18)8-9-12-13(14)23-15(19-12)16(2,3)4;1-14(2,3)13-17-10-7-6-9(16)12(11(10)21-13)22(19,20)15(4,5)8-18;1-4-18-7-12(2,3)19(16,17)11-8(13)5-6-9(14)10(11)15/h8-9H,7,10H2,1-6H3;6-7,18H,8H2,1-5H3;5-6,15H,4,7,14H2,1-3H3. The van der Waals surface area contributed by atoms with Crippen LogP contribution in [0.5, 0.6) is 5.75 Å². The van der Waals surface area contributed by atoms with Gasteiger partial charge in [-0.3, -0.25) is 0 Å². The van der Waals surface area contributed by atoms with E-state index in [0.717, 1.165) is 0 Å². The Labute approximate surface area is 398 Å². The summed E-state index contributed by atoms with van der Waals surface area (Å²) >= 11 is 18.3. The molecule has 0 unspecified atom stereocenters. The van der Waals surface area contributed by atoms with E-state index >= 15 is 0 Å². The number of nitrogen functional groups attached to an aromatic ring is 1. The van der Waals surface area contributed by atoms with Gasteiger partial charge in [-0.15, -0.1) is 0 Å². The summed E-state index contributed by atoms with van der Waals surface area (Å²) < 4.78 is 95.6. The fourth-order valence-electron chi connectivity index (χ4n) is 5.61. The van der Waals surface area contributed by atoms with Gasteiger partial charge in [-0.25, -0.2) is 35.2 Å². The predicted octanol–water partition coefficient (Wildman–Crippen LogP) is 9.91. The van der Waals surface area contributed by atoms with E-state index in [1.807, 2.05) is 48.5 Å². The largest absolute Gasteiger partial charge is 0.504 e. The van der Waals surface area contributed by atoms with Crippen LogP contribution in [0.3, 0.4) is 0 Å². The summed E-state index contributed by atoms with van der Waals surface area (Å²) in [6, 6.07) is 9.03. The number of aliphatic hydroxyl groups is 1. The summed E-state index contributed by atoms with van der Waals surface area (Å²) in [5, 5.41) is 19.4. The van der Waals surface area contributed by atoms with Crippen molar-refractivity contribution in [1.82, 2.24) is 9.97 Å². The molecular formula is C44H62Cl3N3O12S3. The zero-order valence-electron chi connectivity index (χ0n) is 39.3. The van der Waals surface area contributed by atoms with Crippen molar-refractivity contribution < 1.29 is 53.8 Å². The summed E-state index contributed by atoms with van der Waals surface area (Å²) in [7, 11) is -11.6. The molecule has 2 heterocycles. The number of benzene rings is 3. The second-order valence-corrected chi connectivity index (χ2v) is 27.8. The van der Waals surface area contributed by atoms with Crippen LogP contribution in [-0.4, -0.2) is 92.7 Å². The second kappa shape index (κ2) is 20.2. The Morgan fingerprint density at radius 3 is 1.23 bits per heavy atom. The monoisotopic (exact) mass is 1030 g/mol. The Hall–Kier alpha value is -3.20. The molecule has 0 aliphatic heterocycles. The Kier molecular flexibility index (Phi) is 17.4. The highest BCUT2D eigenvalue weighted by Gasteiger charge is 2.42. The molecule has 65 heavy (non-hydrogen) atoms. The second-order valence-electron chi connectivity index (χ2n) is 19.0. The van der Waals surface area contributed by atoms with Crippen LogP contribution >= 0.6 is 34.8 Å². The summed E-state index contributed by atoms with van der Waals surface area (Å²) in [5.41, 5.74) is 6.05. The molecule has 5 rings (SSSR count). The van der Waals surface area contributed by atoms with Crippen LogP contribution in [0, 0.1) is 0 Å². The summed E-state index contributed by atoms with van der Waals surface area (Å²) in [6.45, 7) is 24.7. The predicted molar refractivity (Wildman–Crippen MR) is 257 cm³/mol. The minimum atomic E-state index is -3.89. The Morgan fingerprint density at radius 2 is 0.892 bits per heavy atom. The number of rotatable bonds is 13. The van der Waals surface area contributed by atoms with Crippen LogP contribution < -0.4 is 5.73 Å². The van der Waals surface area contributed by atoms with Gasteiger partial charge in [0.05, 0.1) is 54.8 Å². The van der Waals surface area contributed by atoms with Gasteiger partial charge in [0.25, 0.3) is 0 Å². The van der Waals surface area contributed by atoms with Crippen molar-refractivity contribution in [3.8, 4) is 5.75 Å². The van der Waals surface area contributed by atoms with E-state index in [0.29, 0.717) is 36.0 Å². The van der Waals surface area contributed by atoms with E-state index < -0.39 is 56.1 Å². The number of phenols is 1. The fourth-order valence-corrected chi connectivity index (χ4v) is 11.4. The van der Waals surface area contributed by atoms with E-state index in [2.05, 4.69) is 9.97 Å². The third-order valence-electron chi connectivity index (χ3n) is 10.0. The van der Waals surface area contributed by atoms with E-state index in [9.17, 15) is 35.5 Å². The molecule has 15 nitrogen and oxygen atoms in total. The number of halogens is 3. The first kappa shape index (κ1) is 56.1. The molecule has 0 aliphatic carbocycles. The maximum atomic E-state index is 13.2. The average molecular weight is 1030 g/mol. The SMILES string of the molecule is CC(C)(C)c1nc2ccc(Cl)c(S(=O)(=O)C(C)(C)CO)c2o1.CCOCC(C)(C)S(=O)(=O)c1c(Cl)ccc(N)c1O.CCOCC(C)(C)S(=O)(=O)c1c(Cl)ccc2nc(C(C)(C)C)oc12. The molecule has 4 N–H and O–H groups in total. The molecule has 0 spiro atoms. The maximum Gasteiger partial charge on any atom is 0.200 e. The van der Waals surface area contributed by atoms with Crippen molar-refractivity contribution in [1.29, 1.82) is 0 Å². The molecule has 0 saturated heterocycles. The lowest BCUT2D eigenvalue weighted by Crippen LogP contribution is -2.37. The molecule has 364 valence electrons. The van der Waals surface area contributed by atoms with Gasteiger partial charge >= 0.3 is 0 Å². The Bertz CT molecular complexity index is 2840. The number of hydrogen-bond acceptors (Lipinski definition) is 15. The molecule has 2 aromatic heterocycles. The molecule has 5 aromatic rings. The number of nitrogens with zero attached hydrogens (tertiary/aromatic N) is 2. The van der Waals surface area contributed by atoms with Gasteiger partial charge in [-0.05, 0) is 91.8 Å². The number of aromatic nitrogens is 2. The van der Waals surface area contributed by atoms with Gasteiger partial charge in [-0.1, -0.05) is 76.3 Å². The van der Waals surface area contributed by atoms with E-state index in [1.165, 1.54) is 45.9 Å². The lowest BCUT2D eigenvalue weighted by molar-refractivity contribution is 0.129. The van der Waals surface area contributed by atoms with E-state index in [1.54, 1.807) is 39.0 Å². The van der Waals surface area contributed by atoms with Crippen LogP contribution in [0.15, 0.2) is 59.9 Å². The number of aromatic hydroxyl groups is 1. The molecule has 0 amide bonds. The van der Waals surface area contributed by atoms with Gasteiger partial charge in [0.15, 0.2) is 46.4 Å². The molecule has 3 aromatic carbocycles. The van der Waals surface area contributed by atoms with Crippen molar-refractivity contribution in [3.63, 3.8) is 0 Å². The number of sulfone groups is 3. The highest BCUT2D eigenvalue weighted by atomic mass is 35.5. The lowest BCUT2D eigenvalue weighted by atomic mass is 9.97. The van der Waals surface area contributed by atoms with Crippen molar-refractivity contribution in [2.75, 3.05) is 38.8 Å². The third kappa shape index (κ3) is 11.7. The van der Waals surface area contributed by atoms with Gasteiger partial charge in [0, 0.05) is 24.0 Å². The van der Waals surface area contributed by atoms with Crippen LogP contribution in [0.25, 0.3) is 22.2 Å². The van der Waals surface area contributed by atoms with Crippen molar-refractivity contribution >= 4 is 92.2 Å². The number of fused-ring (bicyclic) bond motifs is 2. The number of hydrogen-bond donors (Lipinski definition) is 3. The van der Waals surface area contributed by atoms with E-state index in [4.69, 9.17) is 58.8 Å². The normalized spacial score (nSPS) is 13.4. The van der Waals surface area contributed by atoms with Gasteiger partial charge in [-0.2, -0.15) is 0 Å². The summed E-state index contributed by atoms with van der Waals surface area (Å²) in [6.07, 6.45) is 0. The number of oxazole rings is 2. The summed E-state index contributed by atoms with van der Waals surface area (Å²) in [5.74, 6) is 0.388. The zero-order valence-corrected chi connectivity index (χ0v) is 44.0. The number of aliphatic hydroxyl groups excluding tert-OH is 1. The number of anilines is 1. The van der Waals surface area contributed by atoms with Crippen LogP contribution in [0.4, 0.5) is 5.69 Å². The molecule has 0 bridgehead atoms. The summed E-state index contributed by atoms with van der Waals surface area (Å²) in [4.78, 5) is 8.29. The Morgan fingerprint density at radius 1 is 0.569 bits per heavy atom. The fraction of sp³-hybridized carbons (Fsp3) is 0.545. The van der Waals surface area contributed by atoms with Crippen molar-refractivity contribution in [3.05, 3.63) is 63.2 Å². The zero-order chi connectivity index (χ0) is 50.1. The minimum Gasteiger partial charge on any atom is -0.504 e. The van der Waals surface area contributed by atoms with Gasteiger partial charge in [0.2, 0.25) is 11.8 Å². The van der Waals surface area contributed by atoms with Crippen molar-refractivity contribution in [2.45, 2.75) is 137 Å². The van der Waals surface area contributed by atoms with E-state index in [-0.39, 0.29) is 70.7 Å². The first-order valence-electron chi connectivity index (χ1n) is 20.4. The molecule has 0 atom stereocenters. The third-order valence-corrected chi connectivity index (χ3v) is 18.8. The highest BCUT2D eigenvalue weighted by Crippen LogP contribution is 2.42. The highest BCUT2D eigenvalue weighted by molar-refractivity contribution is 7.93. The number of nitrogens with two attached hydrogens (primary N) is 1. The Balaban J connectivity index is 0.000000261. The minimum absolute atomic E-state index is 0.00357. The van der Waals surface area contributed by atoms with Crippen LogP contribution in [-0.2, 0) is 49.8 Å². The molecule has 0 aliphatic rings. The molecule has 0 radical (unpaired) electrons. The van der Waals surface area contributed by atoms with Gasteiger partial charge < -0.3 is 34.3 Å². The molecule has 0 fully saturated rings. The van der Waals surface area contributed by atoms with Crippen LogP contribution in [0.2, 0.25) is 15.1 Å². The first-order chi connectivity index (χ1) is 29.5. The smallest absolute Gasteiger partial charge is 0.200 e. The van der Waals surface area contributed by atoms with Crippen molar-refractivity contribution in [2.24, 2.45) is 0 Å². The number of phenolic OH excluding ortho intramolecular Hbond substituents is 1. The molecule has 0 saturated carbocycles. The number of ether oxygens (including phenoxy) is 2. The topological polar surface area (TPSA) is 239 Å². The maximum absolute atomic E-state index is 13.2.